The zero-order valence-electron chi connectivity index (χ0n) is 9.17. The molecule has 2 N–H and O–H groups in total. The highest BCUT2D eigenvalue weighted by molar-refractivity contribution is 5.52. The standard InChI is InChI=1S/C12H19NO/c1-9(2)7-13-12-6-11(8-14)5-4-10(12)3/h4-6,9,13-14H,7-8H2,1-3H3. The predicted molar refractivity (Wildman–Crippen MR) is 60.4 cm³/mol. The van der Waals surface area contributed by atoms with Crippen LogP contribution in [0.15, 0.2) is 18.2 Å². The van der Waals surface area contributed by atoms with E-state index in [-0.39, 0.29) is 6.61 Å². The molecule has 0 fully saturated rings. The fraction of sp³-hybridized carbons (Fsp3) is 0.500. The van der Waals surface area contributed by atoms with Crippen molar-refractivity contribution in [2.45, 2.75) is 27.4 Å². The Morgan fingerprint density at radius 2 is 2.07 bits per heavy atom. The van der Waals surface area contributed by atoms with Gasteiger partial charge in [-0.15, -0.1) is 0 Å². The molecule has 0 aromatic heterocycles. The minimum Gasteiger partial charge on any atom is -0.392 e. The molecule has 0 aliphatic rings. The summed E-state index contributed by atoms with van der Waals surface area (Å²) in [5.74, 6) is 0.632. The summed E-state index contributed by atoms with van der Waals surface area (Å²) in [6.45, 7) is 7.51. The zero-order valence-corrected chi connectivity index (χ0v) is 9.17. The van der Waals surface area contributed by atoms with Gasteiger partial charge in [0.05, 0.1) is 6.61 Å². The second-order valence-electron chi connectivity index (χ2n) is 4.08. The van der Waals surface area contributed by atoms with Crippen LogP contribution in [-0.4, -0.2) is 11.7 Å². The van der Waals surface area contributed by atoms with Crippen LogP contribution in [0.25, 0.3) is 0 Å². The quantitative estimate of drug-likeness (QED) is 0.770. The summed E-state index contributed by atoms with van der Waals surface area (Å²) in [7, 11) is 0. The Hall–Kier alpha value is -1.02. The first kappa shape index (κ1) is 11.1. The molecule has 0 radical (unpaired) electrons. The van der Waals surface area contributed by atoms with E-state index < -0.39 is 0 Å². The van der Waals surface area contributed by atoms with E-state index >= 15 is 0 Å². The van der Waals surface area contributed by atoms with E-state index in [1.54, 1.807) is 0 Å². The minimum absolute atomic E-state index is 0.108. The van der Waals surface area contributed by atoms with Gasteiger partial charge in [-0.05, 0) is 30.0 Å². The van der Waals surface area contributed by atoms with Crippen molar-refractivity contribution in [2.75, 3.05) is 11.9 Å². The van der Waals surface area contributed by atoms with E-state index in [0.717, 1.165) is 17.8 Å². The molecule has 0 spiro atoms. The number of aliphatic hydroxyl groups is 1. The fourth-order valence-corrected chi connectivity index (χ4v) is 1.27. The van der Waals surface area contributed by atoms with Gasteiger partial charge in [-0.1, -0.05) is 26.0 Å². The zero-order chi connectivity index (χ0) is 10.6. The summed E-state index contributed by atoms with van der Waals surface area (Å²) in [5.41, 5.74) is 3.31. The number of benzene rings is 1. The molecule has 0 amide bonds. The predicted octanol–water partition coefficient (Wildman–Crippen LogP) is 2.56. The van der Waals surface area contributed by atoms with Crippen molar-refractivity contribution in [3.63, 3.8) is 0 Å². The molecule has 1 aromatic carbocycles. The van der Waals surface area contributed by atoms with Gasteiger partial charge in [0.25, 0.3) is 0 Å². The average molecular weight is 193 g/mol. The molecule has 0 saturated carbocycles. The van der Waals surface area contributed by atoms with Crippen LogP contribution in [0.5, 0.6) is 0 Å². The van der Waals surface area contributed by atoms with Crippen molar-refractivity contribution >= 4 is 5.69 Å². The van der Waals surface area contributed by atoms with Crippen LogP contribution < -0.4 is 5.32 Å². The Bertz CT molecular complexity index is 294. The number of hydrogen-bond acceptors (Lipinski definition) is 2. The minimum atomic E-state index is 0.108. The molecule has 78 valence electrons. The van der Waals surface area contributed by atoms with Gasteiger partial charge >= 0.3 is 0 Å². The third-order valence-electron chi connectivity index (χ3n) is 2.19. The largest absolute Gasteiger partial charge is 0.392 e. The van der Waals surface area contributed by atoms with E-state index in [0.29, 0.717) is 5.92 Å². The van der Waals surface area contributed by atoms with Crippen molar-refractivity contribution in [3.05, 3.63) is 29.3 Å². The van der Waals surface area contributed by atoms with Crippen LogP contribution in [-0.2, 0) is 6.61 Å². The van der Waals surface area contributed by atoms with Gasteiger partial charge in [0.15, 0.2) is 0 Å². The summed E-state index contributed by atoms with van der Waals surface area (Å²) in [5, 5.41) is 12.4. The summed E-state index contributed by atoms with van der Waals surface area (Å²) in [4.78, 5) is 0. The smallest absolute Gasteiger partial charge is 0.0682 e. The van der Waals surface area contributed by atoms with E-state index in [1.807, 2.05) is 18.2 Å². The lowest BCUT2D eigenvalue weighted by Crippen LogP contribution is -2.09. The van der Waals surface area contributed by atoms with Crippen molar-refractivity contribution in [3.8, 4) is 0 Å². The maximum Gasteiger partial charge on any atom is 0.0682 e. The van der Waals surface area contributed by atoms with Gasteiger partial charge in [0, 0.05) is 12.2 Å². The summed E-state index contributed by atoms with van der Waals surface area (Å²) < 4.78 is 0. The van der Waals surface area contributed by atoms with Crippen LogP contribution in [0.4, 0.5) is 5.69 Å². The van der Waals surface area contributed by atoms with Crippen LogP contribution in [0.3, 0.4) is 0 Å². The molecule has 0 heterocycles. The molecule has 1 aromatic rings. The molecule has 2 nitrogen and oxygen atoms in total. The van der Waals surface area contributed by atoms with E-state index in [1.165, 1.54) is 5.56 Å². The monoisotopic (exact) mass is 193 g/mol. The highest BCUT2D eigenvalue weighted by atomic mass is 16.3. The Kier molecular flexibility index (Phi) is 3.96. The molecule has 0 saturated heterocycles. The Morgan fingerprint density at radius 1 is 1.36 bits per heavy atom. The van der Waals surface area contributed by atoms with Crippen LogP contribution >= 0.6 is 0 Å². The van der Waals surface area contributed by atoms with Gasteiger partial charge in [-0.25, -0.2) is 0 Å². The highest BCUT2D eigenvalue weighted by Crippen LogP contribution is 2.17. The second-order valence-corrected chi connectivity index (χ2v) is 4.08. The van der Waals surface area contributed by atoms with Gasteiger partial charge in [0.1, 0.15) is 0 Å². The first-order valence-electron chi connectivity index (χ1n) is 5.07. The summed E-state index contributed by atoms with van der Waals surface area (Å²) in [6, 6.07) is 6.00. The Balaban J connectivity index is 2.73. The number of aryl methyl sites for hydroxylation is 1. The molecular formula is C12H19NO. The average Bonchev–Trinajstić information content (AvgIpc) is 2.16. The lowest BCUT2D eigenvalue weighted by Gasteiger charge is -2.12. The maximum absolute atomic E-state index is 9.00. The summed E-state index contributed by atoms with van der Waals surface area (Å²) >= 11 is 0. The first-order chi connectivity index (χ1) is 6.63. The first-order valence-corrected chi connectivity index (χ1v) is 5.07. The Labute approximate surface area is 86.0 Å². The van der Waals surface area contributed by atoms with E-state index in [4.69, 9.17) is 5.11 Å². The van der Waals surface area contributed by atoms with Gasteiger partial charge < -0.3 is 10.4 Å². The van der Waals surface area contributed by atoms with Crippen LogP contribution in [0.1, 0.15) is 25.0 Å². The number of anilines is 1. The highest BCUT2D eigenvalue weighted by Gasteiger charge is 2.00. The van der Waals surface area contributed by atoms with Crippen molar-refractivity contribution < 1.29 is 5.11 Å². The molecule has 0 atom stereocenters. The fourth-order valence-electron chi connectivity index (χ4n) is 1.27. The SMILES string of the molecule is Cc1ccc(CO)cc1NCC(C)C. The third kappa shape index (κ3) is 3.04. The van der Waals surface area contributed by atoms with E-state index in [9.17, 15) is 0 Å². The van der Waals surface area contributed by atoms with Crippen molar-refractivity contribution in [2.24, 2.45) is 5.92 Å². The molecule has 0 bridgehead atoms. The Morgan fingerprint density at radius 3 is 2.64 bits per heavy atom. The third-order valence-corrected chi connectivity index (χ3v) is 2.19. The second kappa shape index (κ2) is 5.01. The number of hydrogen-bond donors (Lipinski definition) is 2. The van der Waals surface area contributed by atoms with Crippen LogP contribution in [0.2, 0.25) is 0 Å². The lowest BCUT2D eigenvalue weighted by molar-refractivity contribution is 0.282. The molecule has 2 heteroatoms. The van der Waals surface area contributed by atoms with Crippen LogP contribution in [0, 0.1) is 12.8 Å². The molecular weight excluding hydrogens is 174 g/mol. The number of nitrogens with one attached hydrogen (secondary N) is 1. The van der Waals surface area contributed by atoms with Crippen molar-refractivity contribution in [1.29, 1.82) is 0 Å². The van der Waals surface area contributed by atoms with E-state index in [2.05, 4.69) is 26.1 Å². The lowest BCUT2D eigenvalue weighted by atomic mass is 10.1. The maximum atomic E-state index is 9.00. The summed E-state index contributed by atoms with van der Waals surface area (Å²) in [6.07, 6.45) is 0. The normalized spacial score (nSPS) is 10.6. The topological polar surface area (TPSA) is 32.3 Å². The van der Waals surface area contributed by atoms with Crippen molar-refractivity contribution in [1.82, 2.24) is 0 Å². The van der Waals surface area contributed by atoms with Gasteiger partial charge in [0.2, 0.25) is 0 Å². The van der Waals surface area contributed by atoms with Gasteiger partial charge in [-0.3, -0.25) is 0 Å². The molecule has 0 aliphatic carbocycles. The molecule has 0 unspecified atom stereocenters. The number of aliphatic hydroxyl groups excluding tert-OH is 1. The molecule has 0 aliphatic heterocycles. The molecule has 1 rings (SSSR count). The number of rotatable bonds is 4. The molecule has 14 heavy (non-hydrogen) atoms. The van der Waals surface area contributed by atoms with Gasteiger partial charge in [-0.2, -0.15) is 0 Å².